The Morgan fingerprint density at radius 1 is 1.07 bits per heavy atom. The van der Waals surface area contributed by atoms with Crippen molar-refractivity contribution >= 4 is 33.3 Å². The van der Waals surface area contributed by atoms with Gasteiger partial charge in [-0.3, -0.25) is 0 Å². The van der Waals surface area contributed by atoms with Crippen molar-refractivity contribution in [3.63, 3.8) is 0 Å². The molecule has 6 rings (SSSR count). The van der Waals surface area contributed by atoms with Crippen molar-refractivity contribution in [2.45, 2.75) is 62.1 Å². The van der Waals surface area contributed by atoms with Crippen LogP contribution in [0, 0.1) is 6.92 Å². The summed E-state index contributed by atoms with van der Waals surface area (Å²) >= 11 is 3.59. The van der Waals surface area contributed by atoms with Crippen molar-refractivity contribution in [1.82, 2.24) is 20.2 Å². The Bertz CT molecular complexity index is 1220. The molecule has 3 heterocycles. The Labute approximate surface area is 183 Å². The first-order chi connectivity index (χ1) is 14.7. The summed E-state index contributed by atoms with van der Waals surface area (Å²) in [6.45, 7) is 2.07. The van der Waals surface area contributed by atoms with Gasteiger partial charge in [0.25, 0.3) is 0 Å². The molecular formula is C23H22N4OS2. The number of thioether (sulfide) groups is 1. The molecule has 30 heavy (non-hydrogen) atoms. The highest BCUT2D eigenvalue weighted by Crippen LogP contribution is 2.44. The number of rotatable bonds is 5. The molecule has 0 aliphatic heterocycles. The molecule has 0 saturated heterocycles. The van der Waals surface area contributed by atoms with E-state index in [0.29, 0.717) is 23.5 Å². The second kappa shape index (κ2) is 7.46. The van der Waals surface area contributed by atoms with E-state index in [1.807, 2.05) is 23.5 Å². The van der Waals surface area contributed by atoms with Gasteiger partial charge in [-0.1, -0.05) is 29.5 Å². The number of benzene rings is 1. The molecule has 7 heteroatoms. The first kappa shape index (κ1) is 18.5. The standard InChI is InChI=1S/C23H22N4OS2/c1-13-6-8-15(9-7-13)21-27-26-18(28-21)12-29-22-19-16-4-2-3-5-17(16)30-23(19)25-20(24-22)14-10-11-14/h6-9,14H,2-5,10-12H2,1H3. The molecular weight excluding hydrogens is 412 g/mol. The van der Waals surface area contributed by atoms with Gasteiger partial charge in [-0.25, -0.2) is 9.97 Å². The Balaban J connectivity index is 1.31. The van der Waals surface area contributed by atoms with Crippen LogP contribution in [-0.4, -0.2) is 20.2 Å². The van der Waals surface area contributed by atoms with Crippen molar-refractivity contribution < 1.29 is 4.42 Å². The van der Waals surface area contributed by atoms with Crippen LogP contribution in [0.15, 0.2) is 33.7 Å². The Hall–Kier alpha value is -2.25. The summed E-state index contributed by atoms with van der Waals surface area (Å²) in [5, 5.41) is 10.9. The van der Waals surface area contributed by atoms with E-state index in [9.17, 15) is 0 Å². The molecule has 0 atom stereocenters. The molecule has 0 unspecified atom stereocenters. The monoisotopic (exact) mass is 434 g/mol. The fraction of sp³-hybridized carbons (Fsp3) is 0.391. The molecule has 0 N–H and O–H groups in total. The van der Waals surface area contributed by atoms with Gasteiger partial charge in [0.1, 0.15) is 15.7 Å². The van der Waals surface area contributed by atoms with Crippen LogP contribution in [0.25, 0.3) is 21.7 Å². The first-order valence-electron chi connectivity index (χ1n) is 10.6. The SMILES string of the molecule is Cc1ccc(-c2nnc(CSc3nc(C4CC4)nc4sc5c(c34)CCCC5)o2)cc1. The molecule has 0 amide bonds. The average Bonchev–Trinajstić information content (AvgIpc) is 3.39. The number of aromatic nitrogens is 4. The van der Waals surface area contributed by atoms with Crippen LogP contribution in [0.1, 0.15) is 59.3 Å². The van der Waals surface area contributed by atoms with E-state index in [1.165, 1.54) is 58.3 Å². The number of nitrogens with zero attached hydrogens (tertiary/aromatic N) is 4. The van der Waals surface area contributed by atoms with E-state index in [2.05, 4.69) is 29.3 Å². The van der Waals surface area contributed by atoms with Crippen molar-refractivity contribution in [3.05, 3.63) is 52.0 Å². The molecule has 2 aliphatic rings. The van der Waals surface area contributed by atoms with E-state index in [4.69, 9.17) is 14.4 Å². The fourth-order valence-corrected chi connectivity index (χ4v) is 6.26. The van der Waals surface area contributed by atoms with E-state index in [0.717, 1.165) is 22.8 Å². The zero-order valence-electron chi connectivity index (χ0n) is 16.9. The topological polar surface area (TPSA) is 64.7 Å². The van der Waals surface area contributed by atoms with Crippen LogP contribution in [0.3, 0.4) is 0 Å². The highest BCUT2D eigenvalue weighted by atomic mass is 32.2. The number of thiophene rings is 1. The van der Waals surface area contributed by atoms with Gasteiger partial charge in [0.2, 0.25) is 11.8 Å². The van der Waals surface area contributed by atoms with Crippen molar-refractivity contribution in [2.24, 2.45) is 0 Å². The second-order valence-corrected chi connectivity index (χ2v) is 10.3. The van der Waals surface area contributed by atoms with Crippen LogP contribution >= 0.6 is 23.1 Å². The van der Waals surface area contributed by atoms with Crippen LogP contribution in [0.5, 0.6) is 0 Å². The second-order valence-electron chi connectivity index (χ2n) is 8.21. The quantitative estimate of drug-likeness (QED) is 0.279. The third kappa shape index (κ3) is 3.44. The lowest BCUT2D eigenvalue weighted by atomic mass is 9.97. The third-order valence-electron chi connectivity index (χ3n) is 5.84. The first-order valence-corrected chi connectivity index (χ1v) is 12.4. The zero-order valence-corrected chi connectivity index (χ0v) is 18.5. The van der Waals surface area contributed by atoms with Crippen molar-refractivity contribution in [1.29, 1.82) is 0 Å². The predicted octanol–water partition coefficient (Wildman–Crippen LogP) is 6.10. The largest absolute Gasteiger partial charge is 0.420 e. The van der Waals surface area contributed by atoms with E-state index in [1.54, 1.807) is 11.8 Å². The maximum absolute atomic E-state index is 5.94. The third-order valence-corrected chi connectivity index (χ3v) is 7.98. The van der Waals surface area contributed by atoms with Crippen molar-refractivity contribution in [2.75, 3.05) is 0 Å². The van der Waals surface area contributed by atoms with Gasteiger partial charge in [-0.2, -0.15) is 0 Å². The van der Waals surface area contributed by atoms with Gasteiger partial charge >= 0.3 is 0 Å². The minimum atomic E-state index is 0.546. The number of hydrogen-bond acceptors (Lipinski definition) is 7. The normalized spacial score (nSPS) is 16.2. The summed E-state index contributed by atoms with van der Waals surface area (Å²) in [7, 11) is 0. The maximum Gasteiger partial charge on any atom is 0.247 e. The van der Waals surface area contributed by atoms with Gasteiger partial charge in [0, 0.05) is 21.7 Å². The molecule has 0 bridgehead atoms. The van der Waals surface area contributed by atoms with Gasteiger partial charge in [-0.05, 0) is 63.1 Å². The molecule has 1 aromatic carbocycles. The van der Waals surface area contributed by atoms with Gasteiger partial charge < -0.3 is 4.42 Å². The Kier molecular flexibility index (Phi) is 4.61. The minimum absolute atomic E-state index is 0.546. The van der Waals surface area contributed by atoms with Crippen LogP contribution in [0.2, 0.25) is 0 Å². The lowest BCUT2D eigenvalue weighted by Crippen LogP contribution is -2.00. The summed E-state index contributed by atoms with van der Waals surface area (Å²) in [5.41, 5.74) is 3.65. The summed E-state index contributed by atoms with van der Waals surface area (Å²) < 4.78 is 5.94. The van der Waals surface area contributed by atoms with Crippen molar-refractivity contribution in [3.8, 4) is 11.5 Å². The molecule has 0 radical (unpaired) electrons. The Morgan fingerprint density at radius 3 is 2.73 bits per heavy atom. The molecule has 1 saturated carbocycles. The molecule has 0 spiro atoms. The van der Waals surface area contributed by atoms with E-state index >= 15 is 0 Å². The molecule has 3 aromatic heterocycles. The lowest BCUT2D eigenvalue weighted by Gasteiger charge is -2.11. The molecule has 2 aliphatic carbocycles. The fourth-order valence-electron chi connectivity index (χ4n) is 4.02. The maximum atomic E-state index is 5.94. The van der Waals surface area contributed by atoms with Crippen LogP contribution in [0.4, 0.5) is 0 Å². The van der Waals surface area contributed by atoms with Gasteiger partial charge in [0.15, 0.2) is 0 Å². The molecule has 5 nitrogen and oxygen atoms in total. The Morgan fingerprint density at radius 2 is 1.90 bits per heavy atom. The smallest absolute Gasteiger partial charge is 0.247 e. The summed E-state index contributed by atoms with van der Waals surface area (Å²) in [6.07, 6.45) is 7.30. The summed E-state index contributed by atoms with van der Waals surface area (Å²) in [6, 6.07) is 8.16. The predicted molar refractivity (Wildman–Crippen MR) is 120 cm³/mol. The van der Waals surface area contributed by atoms with E-state index < -0.39 is 0 Å². The average molecular weight is 435 g/mol. The number of hydrogen-bond donors (Lipinski definition) is 0. The highest BCUT2D eigenvalue weighted by Gasteiger charge is 2.29. The zero-order chi connectivity index (χ0) is 20.1. The summed E-state index contributed by atoms with van der Waals surface area (Å²) in [5.74, 6) is 3.41. The van der Waals surface area contributed by atoms with Gasteiger partial charge in [0.05, 0.1) is 5.75 Å². The van der Waals surface area contributed by atoms with Crippen LogP contribution < -0.4 is 0 Å². The van der Waals surface area contributed by atoms with E-state index in [-0.39, 0.29) is 0 Å². The minimum Gasteiger partial charge on any atom is -0.420 e. The molecule has 152 valence electrons. The van der Waals surface area contributed by atoms with Gasteiger partial charge in [-0.15, -0.1) is 21.5 Å². The number of fused-ring (bicyclic) bond motifs is 3. The lowest BCUT2D eigenvalue weighted by molar-refractivity contribution is 0.528. The molecule has 1 fully saturated rings. The highest BCUT2D eigenvalue weighted by molar-refractivity contribution is 7.98. The van der Waals surface area contributed by atoms with Crippen LogP contribution in [-0.2, 0) is 18.6 Å². The molecule has 4 aromatic rings. The summed E-state index contributed by atoms with van der Waals surface area (Å²) in [4.78, 5) is 12.6. The number of aryl methyl sites for hydroxylation is 3.